The van der Waals surface area contributed by atoms with Crippen LogP contribution in [0.3, 0.4) is 0 Å². The topological polar surface area (TPSA) is 76.3 Å². The monoisotopic (exact) mass is 472 g/mol. The van der Waals surface area contributed by atoms with Crippen LogP contribution in [0.2, 0.25) is 5.02 Å². The molecular formula is C23H23ClFN4O2P. The smallest absolute Gasteiger partial charge is 0.271 e. The molecule has 9 heteroatoms. The predicted octanol–water partition coefficient (Wildman–Crippen LogP) is 4.76. The lowest BCUT2D eigenvalue weighted by Gasteiger charge is -2.12. The third-order valence-corrected chi connectivity index (χ3v) is 6.78. The maximum Gasteiger partial charge on any atom is 0.271 e. The summed E-state index contributed by atoms with van der Waals surface area (Å²) in [6.45, 7) is 4.08. The third-order valence-electron chi connectivity index (χ3n) is 5.15. The van der Waals surface area contributed by atoms with Crippen molar-refractivity contribution in [1.82, 2.24) is 14.9 Å². The van der Waals surface area contributed by atoms with Crippen LogP contribution in [0, 0.1) is 5.82 Å². The van der Waals surface area contributed by atoms with Crippen molar-refractivity contribution in [3.8, 4) is 5.69 Å². The minimum absolute atomic E-state index is 0.179. The van der Waals surface area contributed by atoms with Gasteiger partial charge in [0.25, 0.3) is 5.91 Å². The molecule has 32 heavy (non-hydrogen) atoms. The van der Waals surface area contributed by atoms with Crippen LogP contribution in [0.5, 0.6) is 0 Å². The van der Waals surface area contributed by atoms with Crippen molar-refractivity contribution in [2.75, 3.05) is 26.0 Å². The number of carbonyl (C=O) groups excluding carboxylic acids is 1. The second-order valence-electron chi connectivity index (χ2n) is 8.13. The molecule has 2 heterocycles. The number of fused-ring (bicyclic) bond motifs is 3. The molecule has 1 aromatic heterocycles. The van der Waals surface area contributed by atoms with Gasteiger partial charge in [-0.25, -0.2) is 9.37 Å². The van der Waals surface area contributed by atoms with Crippen LogP contribution in [-0.4, -0.2) is 47.2 Å². The second-order valence-corrected chi connectivity index (χ2v) is 12.2. The summed E-state index contributed by atoms with van der Waals surface area (Å²) in [6, 6.07) is 11.7. The van der Waals surface area contributed by atoms with Crippen molar-refractivity contribution < 1.29 is 13.8 Å². The largest absolute Gasteiger partial charge is 0.351 e. The summed E-state index contributed by atoms with van der Waals surface area (Å²) < 4.78 is 28.1. The number of rotatable bonds is 6. The number of nitrogens with one attached hydrogen (secondary N) is 1. The fourth-order valence-electron chi connectivity index (χ4n) is 3.63. The van der Waals surface area contributed by atoms with Gasteiger partial charge < -0.3 is 14.4 Å². The summed E-state index contributed by atoms with van der Waals surface area (Å²) in [5.74, 6) is -0.112. The molecule has 0 unspecified atom stereocenters. The number of halogens is 2. The first-order chi connectivity index (χ1) is 15.2. The van der Waals surface area contributed by atoms with Gasteiger partial charge in [0.2, 0.25) is 0 Å². The van der Waals surface area contributed by atoms with Crippen LogP contribution in [0.4, 0.5) is 4.39 Å². The van der Waals surface area contributed by atoms with E-state index in [-0.39, 0.29) is 24.0 Å². The first kappa shape index (κ1) is 22.4. The number of hydrogen-bond donors (Lipinski definition) is 1. The molecule has 2 aromatic carbocycles. The van der Waals surface area contributed by atoms with Crippen LogP contribution in [0.15, 0.2) is 53.7 Å². The number of imidazole rings is 1. The number of nitrogens with zero attached hydrogens (tertiary/aromatic N) is 3. The van der Waals surface area contributed by atoms with Gasteiger partial charge in [-0.1, -0.05) is 23.7 Å². The molecule has 0 radical (unpaired) electrons. The Bertz CT molecular complexity index is 1260. The fraction of sp³-hybridized carbons (Fsp3) is 0.261. The van der Waals surface area contributed by atoms with E-state index in [0.29, 0.717) is 52.5 Å². The van der Waals surface area contributed by atoms with Crippen LogP contribution in [0.1, 0.15) is 33.9 Å². The SMILES string of the molecule is CP(C)(=O)CCCNC(=O)c1cn2c(n1)CN=C(c1ccccc1F)c1cc(Cl)ccc1-2. The lowest BCUT2D eigenvalue weighted by Crippen LogP contribution is -2.25. The number of benzene rings is 2. The fourth-order valence-corrected chi connectivity index (χ4v) is 4.72. The third kappa shape index (κ3) is 4.84. The molecule has 4 rings (SSSR count). The normalized spacial score (nSPS) is 13.1. The van der Waals surface area contributed by atoms with E-state index in [1.807, 2.05) is 6.07 Å². The molecule has 0 spiro atoms. The van der Waals surface area contributed by atoms with Crippen molar-refractivity contribution in [2.45, 2.75) is 13.0 Å². The first-order valence-electron chi connectivity index (χ1n) is 10.2. The lowest BCUT2D eigenvalue weighted by atomic mass is 10.00. The average molecular weight is 473 g/mol. The Morgan fingerprint density at radius 1 is 1.22 bits per heavy atom. The molecule has 0 bridgehead atoms. The number of aromatic nitrogens is 2. The van der Waals surface area contributed by atoms with Crippen molar-refractivity contribution in [1.29, 1.82) is 0 Å². The van der Waals surface area contributed by atoms with E-state index in [2.05, 4.69) is 15.3 Å². The Hall–Kier alpha value is -2.76. The van der Waals surface area contributed by atoms with Gasteiger partial charge in [-0.05, 0) is 50.1 Å². The highest BCUT2D eigenvalue weighted by atomic mass is 35.5. The van der Waals surface area contributed by atoms with E-state index >= 15 is 0 Å². The summed E-state index contributed by atoms with van der Waals surface area (Å²) in [4.78, 5) is 21.7. The molecule has 1 aliphatic heterocycles. The van der Waals surface area contributed by atoms with Gasteiger partial charge in [-0.2, -0.15) is 0 Å². The molecule has 0 saturated heterocycles. The minimum Gasteiger partial charge on any atom is -0.351 e. The van der Waals surface area contributed by atoms with Gasteiger partial charge >= 0.3 is 0 Å². The maximum absolute atomic E-state index is 14.5. The van der Waals surface area contributed by atoms with E-state index in [4.69, 9.17) is 11.6 Å². The minimum atomic E-state index is -2.11. The van der Waals surface area contributed by atoms with Gasteiger partial charge in [0.15, 0.2) is 0 Å². The zero-order valence-electron chi connectivity index (χ0n) is 17.8. The highest BCUT2D eigenvalue weighted by Crippen LogP contribution is 2.36. The van der Waals surface area contributed by atoms with E-state index in [1.54, 1.807) is 54.4 Å². The van der Waals surface area contributed by atoms with Crippen LogP contribution < -0.4 is 5.32 Å². The molecule has 6 nitrogen and oxygen atoms in total. The Morgan fingerprint density at radius 2 is 2.00 bits per heavy atom. The first-order valence-corrected chi connectivity index (χ1v) is 13.4. The number of aliphatic imine (C=N–C) groups is 1. The molecule has 166 valence electrons. The Labute approximate surface area is 190 Å². The lowest BCUT2D eigenvalue weighted by molar-refractivity contribution is 0.0949. The van der Waals surface area contributed by atoms with Crippen molar-refractivity contribution in [2.24, 2.45) is 4.99 Å². The van der Waals surface area contributed by atoms with Crippen LogP contribution in [0.25, 0.3) is 5.69 Å². The second kappa shape index (κ2) is 9.00. The highest BCUT2D eigenvalue weighted by Gasteiger charge is 2.24. The molecule has 1 amide bonds. The van der Waals surface area contributed by atoms with Gasteiger partial charge in [-0.3, -0.25) is 9.79 Å². The van der Waals surface area contributed by atoms with Crippen LogP contribution in [-0.2, 0) is 11.1 Å². The van der Waals surface area contributed by atoms with Gasteiger partial charge in [-0.15, -0.1) is 0 Å². The van der Waals surface area contributed by atoms with Gasteiger partial charge in [0, 0.05) is 35.1 Å². The highest BCUT2D eigenvalue weighted by molar-refractivity contribution is 7.62. The van der Waals surface area contributed by atoms with E-state index in [1.165, 1.54) is 6.07 Å². The molecule has 1 N–H and O–H groups in total. The molecule has 0 atom stereocenters. The molecule has 3 aromatic rings. The number of amides is 1. The number of carbonyl (C=O) groups is 1. The summed E-state index contributed by atoms with van der Waals surface area (Å²) in [5, 5.41) is 3.33. The standard InChI is InChI=1S/C23H23ClFN4O2P/c1-32(2,31)11-5-10-26-23(30)19-14-29-20-9-8-15(24)12-17(20)22(27-13-21(29)28-19)16-6-3-4-7-18(16)25/h3-4,6-9,12,14H,5,10-11,13H2,1-2H3,(H,26,30). The quantitative estimate of drug-likeness (QED) is 0.415. The van der Waals surface area contributed by atoms with E-state index in [9.17, 15) is 13.8 Å². The molecule has 0 saturated carbocycles. The zero-order chi connectivity index (χ0) is 22.9. The van der Waals surface area contributed by atoms with Crippen molar-refractivity contribution >= 4 is 30.4 Å². The van der Waals surface area contributed by atoms with Crippen molar-refractivity contribution in [3.05, 3.63) is 82.1 Å². The summed E-state index contributed by atoms with van der Waals surface area (Å²) in [6.07, 6.45) is 2.87. The van der Waals surface area contributed by atoms with Gasteiger partial charge in [0.1, 0.15) is 17.3 Å². The summed E-state index contributed by atoms with van der Waals surface area (Å²) in [7, 11) is -2.11. The summed E-state index contributed by atoms with van der Waals surface area (Å²) in [5.41, 5.74) is 2.51. The van der Waals surface area contributed by atoms with Crippen LogP contribution >= 0.6 is 18.7 Å². The molecule has 0 aliphatic carbocycles. The summed E-state index contributed by atoms with van der Waals surface area (Å²) >= 11 is 6.25. The van der Waals surface area contributed by atoms with Gasteiger partial charge in [0.05, 0.1) is 25.1 Å². The maximum atomic E-state index is 14.5. The Balaban J connectivity index is 1.65. The average Bonchev–Trinajstić information content (AvgIpc) is 3.10. The van der Waals surface area contributed by atoms with E-state index < -0.39 is 7.14 Å². The molecule has 1 aliphatic rings. The zero-order valence-corrected chi connectivity index (χ0v) is 19.5. The Morgan fingerprint density at radius 3 is 2.75 bits per heavy atom. The number of hydrogen-bond acceptors (Lipinski definition) is 4. The molecular weight excluding hydrogens is 450 g/mol. The predicted molar refractivity (Wildman–Crippen MR) is 126 cm³/mol. The van der Waals surface area contributed by atoms with Crippen molar-refractivity contribution in [3.63, 3.8) is 0 Å². The Kier molecular flexibility index (Phi) is 6.31. The molecule has 0 fully saturated rings. The van der Waals surface area contributed by atoms with E-state index in [0.717, 1.165) is 0 Å².